The Hall–Kier alpha value is -4.06. The van der Waals surface area contributed by atoms with Gasteiger partial charge in [0.1, 0.15) is 17.9 Å². The SMILES string of the molecule is Cc1cc(CNC(=O)C2CCCN2C(=O)C(NS(N)(=O)=O)C(c2ccccc2)c2ccccc2)ccc1C(=N)N. The fraction of sp³-hybridized carbons (Fsp3) is 0.276. The lowest BCUT2D eigenvalue weighted by Crippen LogP contribution is -2.56. The van der Waals surface area contributed by atoms with Crippen molar-refractivity contribution in [2.45, 2.75) is 44.3 Å². The number of amidine groups is 1. The van der Waals surface area contributed by atoms with Gasteiger partial charge in [-0.2, -0.15) is 13.1 Å². The van der Waals surface area contributed by atoms with Crippen LogP contribution in [0.4, 0.5) is 0 Å². The summed E-state index contributed by atoms with van der Waals surface area (Å²) in [5, 5.41) is 15.9. The number of carbonyl (C=O) groups is 2. The number of nitrogen functional groups attached to an aromatic ring is 1. The molecular weight excluding hydrogens is 528 g/mol. The maximum atomic E-state index is 14.1. The van der Waals surface area contributed by atoms with Gasteiger partial charge in [0.25, 0.3) is 10.2 Å². The molecule has 0 radical (unpaired) electrons. The number of hydrogen-bond donors (Lipinski definition) is 5. The lowest BCUT2D eigenvalue weighted by molar-refractivity contribution is -0.140. The Kier molecular flexibility index (Phi) is 8.98. The van der Waals surface area contributed by atoms with Crippen LogP contribution in [-0.4, -0.2) is 49.6 Å². The predicted molar refractivity (Wildman–Crippen MR) is 154 cm³/mol. The van der Waals surface area contributed by atoms with Crippen LogP contribution in [0.2, 0.25) is 0 Å². The van der Waals surface area contributed by atoms with Gasteiger partial charge >= 0.3 is 0 Å². The summed E-state index contributed by atoms with van der Waals surface area (Å²) in [6, 6.07) is 21.6. The maximum Gasteiger partial charge on any atom is 0.275 e. The zero-order valence-electron chi connectivity index (χ0n) is 22.2. The van der Waals surface area contributed by atoms with Crippen LogP contribution >= 0.6 is 0 Å². The van der Waals surface area contributed by atoms with Crippen LogP contribution < -0.4 is 20.9 Å². The quantitative estimate of drug-likeness (QED) is 0.187. The van der Waals surface area contributed by atoms with Crippen LogP contribution in [0, 0.1) is 12.3 Å². The van der Waals surface area contributed by atoms with Crippen molar-refractivity contribution in [3.05, 3.63) is 107 Å². The molecule has 0 aliphatic carbocycles. The molecule has 210 valence electrons. The van der Waals surface area contributed by atoms with E-state index in [4.69, 9.17) is 16.3 Å². The second-order valence-electron chi connectivity index (χ2n) is 9.91. The number of rotatable bonds is 10. The van der Waals surface area contributed by atoms with Crippen LogP contribution in [0.15, 0.2) is 78.9 Å². The summed E-state index contributed by atoms with van der Waals surface area (Å²) in [5.41, 5.74) is 9.33. The molecule has 1 aliphatic heterocycles. The zero-order valence-corrected chi connectivity index (χ0v) is 23.0. The largest absolute Gasteiger partial charge is 0.384 e. The fourth-order valence-electron chi connectivity index (χ4n) is 5.26. The Bertz CT molecular complexity index is 1440. The summed E-state index contributed by atoms with van der Waals surface area (Å²) in [5.74, 6) is -1.56. The minimum absolute atomic E-state index is 0.0276. The van der Waals surface area contributed by atoms with E-state index in [1.807, 2.05) is 73.7 Å². The third-order valence-electron chi connectivity index (χ3n) is 7.09. The third-order valence-corrected chi connectivity index (χ3v) is 7.68. The van der Waals surface area contributed by atoms with Crippen molar-refractivity contribution in [2.24, 2.45) is 10.9 Å². The molecule has 0 spiro atoms. The van der Waals surface area contributed by atoms with Crippen molar-refractivity contribution in [1.82, 2.24) is 14.9 Å². The Labute approximate surface area is 234 Å². The molecule has 1 heterocycles. The average Bonchev–Trinajstić information content (AvgIpc) is 3.41. The maximum absolute atomic E-state index is 14.1. The first-order valence-corrected chi connectivity index (χ1v) is 14.5. The molecular formula is C29H34N6O4S. The smallest absolute Gasteiger partial charge is 0.275 e. The molecule has 11 heteroatoms. The highest BCUT2D eigenvalue weighted by Crippen LogP contribution is 2.31. The third kappa shape index (κ3) is 6.92. The Balaban J connectivity index is 1.59. The molecule has 2 unspecified atom stereocenters. The van der Waals surface area contributed by atoms with Gasteiger partial charge in [0.05, 0.1) is 0 Å². The van der Waals surface area contributed by atoms with E-state index in [0.29, 0.717) is 24.9 Å². The first-order valence-electron chi connectivity index (χ1n) is 13.0. The van der Waals surface area contributed by atoms with Crippen LogP contribution in [0.3, 0.4) is 0 Å². The molecule has 40 heavy (non-hydrogen) atoms. The molecule has 2 atom stereocenters. The molecule has 7 N–H and O–H groups in total. The van der Waals surface area contributed by atoms with Crippen LogP contribution in [0.5, 0.6) is 0 Å². The summed E-state index contributed by atoms with van der Waals surface area (Å²) < 4.78 is 27.0. The van der Waals surface area contributed by atoms with Crippen molar-refractivity contribution in [1.29, 1.82) is 5.41 Å². The molecule has 3 aromatic rings. The first kappa shape index (κ1) is 28.9. The first-order chi connectivity index (χ1) is 19.0. The topological polar surface area (TPSA) is 171 Å². The van der Waals surface area contributed by atoms with E-state index in [1.165, 1.54) is 4.90 Å². The summed E-state index contributed by atoms with van der Waals surface area (Å²) in [6.45, 7) is 2.38. The lowest BCUT2D eigenvalue weighted by Gasteiger charge is -2.33. The number of carbonyl (C=O) groups excluding carboxylic acids is 2. The minimum atomic E-state index is -4.28. The molecule has 0 saturated carbocycles. The van der Waals surface area contributed by atoms with Gasteiger partial charge in [-0.1, -0.05) is 78.9 Å². The summed E-state index contributed by atoms with van der Waals surface area (Å²) in [6.07, 6.45) is 1.04. The minimum Gasteiger partial charge on any atom is -0.384 e. The summed E-state index contributed by atoms with van der Waals surface area (Å²) in [7, 11) is -4.28. The number of aryl methyl sites for hydroxylation is 1. The Morgan fingerprint density at radius 3 is 2.15 bits per heavy atom. The number of nitrogens with two attached hydrogens (primary N) is 2. The molecule has 1 aliphatic rings. The van der Waals surface area contributed by atoms with Crippen molar-refractivity contribution < 1.29 is 18.0 Å². The molecule has 3 aromatic carbocycles. The normalized spacial score (nSPS) is 16.1. The van der Waals surface area contributed by atoms with Gasteiger partial charge < -0.3 is 16.0 Å². The molecule has 1 fully saturated rings. The van der Waals surface area contributed by atoms with Crippen molar-refractivity contribution in [2.75, 3.05) is 6.54 Å². The molecule has 2 amide bonds. The van der Waals surface area contributed by atoms with E-state index < -0.39 is 34.1 Å². The summed E-state index contributed by atoms with van der Waals surface area (Å²) >= 11 is 0. The summed E-state index contributed by atoms with van der Waals surface area (Å²) in [4.78, 5) is 28.8. The molecule has 1 saturated heterocycles. The lowest BCUT2D eigenvalue weighted by atomic mass is 9.84. The molecule has 10 nitrogen and oxygen atoms in total. The van der Waals surface area contributed by atoms with E-state index >= 15 is 0 Å². The number of hydrogen-bond acceptors (Lipinski definition) is 5. The number of nitrogens with zero attached hydrogens (tertiary/aromatic N) is 1. The van der Waals surface area contributed by atoms with Gasteiger partial charge in [0, 0.05) is 24.6 Å². The highest BCUT2D eigenvalue weighted by atomic mass is 32.2. The number of amides is 2. The van der Waals surface area contributed by atoms with Crippen molar-refractivity contribution >= 4 is 27.9 Å². The fourth-order valence-corrected chi connectivity index (χ4v) is 5.85. The van der Waals surface area contributed by atoms with Gasteiger partial charge in [-0.3, -0.25) is 15.0 Å². The van der Waals surface area contributed by atoms with Crippen LogP contribution in [0.25, 0.3) is 0 Å². The average molecular weight is 563 g/mol. The molecule has 0 bridgehead atoms. The van der Waals surface area contributed by atoms with Gasteiger partial charge in [0.2, 0.25) is 11.8 Å². The van der Waals surface area contributed by atoms with Gasteiger partial charge in [-0.15, -0.1) is 0 Å². The molecule has 0 aromatic heterocycles. The van der Waals surface area contributed by atoms with Crippen molar-refractivity contribution in [3.63, 3.8) is 0 Å². The number of nitrogens with one attached hydrogen (secondary N) is 3. The standard InChI is InChI=1S/C29H34N6O4S/c1-19-17-20(14-15-23(19)27(30)31)18-33-28(36)24-13-8-16-35(24)29(37)26(34-40(32,38)39)25(21-9-4-2-5-10-21)22-11-6-3-7-12-22/h2-7,9-12,14-15,17,24-26,34H,8,13,16,18H2,1H3,(H3,30,31)(H,33,36)(H2,32,38,39). The number of likely N-dealkylation sites (tertiary alicyclic amines) is 1. The van der Waals surface area contributed by atoms with E-state index in [-0.39, 0.29) is 18.3 Å². The van der Waals surface area contributed by atoms with Gasteiger partial charge in [0.15, 0.2) is 0 Å². The Morgan fingerprint density at radius 2 is 1.62 bits per heavy atom. The van der Waals surface area contributed by atoms with Crippen molar-refractivity contribution in [3.8, 4) is 0 Å². The zero-order chi connectivity index (χ0) is 28.9. The second kappa shape index (κ2) is 12.4. The van der Waals surface area contributed by atoms with E-state index in [1.54, 1.807) is 12.1 Å². The highest BCUT2D eigenvalue weighted by molar-refractivity contribution is 7.87. The molecule has 4 rings (SSSR count). The number of benzene rings is 3. The second-order valence-corrected chi connectivity index (χ2v) is 11.2. The van der Waals surface area contributed by atoms with E-state index in [0.717, 1.165) is 22.3 Å². The van der Waals surface area contributed by atoms with Crippen LogP contribution in [-0.2, 0) is 26.3 Å². The van der Waals surface area contributed by atoms with E-state index in [2.05, 4.69) is 10.0 Å². The predicted octanol–water partition coefficient (Wildman–Crippen LogP) is 1.88. The Morgan fingerprint density at radius 1 is 1.02 bits per heavy atom. The highest BCUT2D eigenvalue weighted by Gasteiger charge is 2.42. The van der Waals surface area contributed by atoms with Gasteiger partial charge in [-0.25, -0.2) is 5.14 Å². The van der Waals surface area contributed by atoms with E-state index in [9.17, 15) is 18.0 Å². The van der Waals surface area contributed by atoms with Gasteiger partial charge in [-0.05, 0) is 42.0 Å². The van der Waals surface area contributed by atoms with Crippen LogP contribution in [0.1, 0.15) is 46.6 Å². The monoisotopic (exact) mass is 562 g/mol.